The van der Waals surface area contributed by atoms with Gasteiger partial charge >= 0.3 is 0 Å². The van der Waals surface area contributed by atoms with Crippen LogP contribution in [0.5, 0.6) is 0 Å². The quantitative estimate of drug-likeness (QED) is 0.605. The maximum absolute atomic E-state index is 13.6. The molecule has 1 saturated carbocycles. The maximum Gasteiger partial charge on any atom is 0.280 e. The Labute approximate surface area is 184 Å². The molecule has 1 aliphatic carbocycles. The van der Waals surface area contributed by atoms with Crippen molar-refractivity contribution in [3.05, 3.63) is 62.8 Å². The average molecular weight is 441 g/mol. The first-order chi connectivity index (χ1) is 14.5. The lowest BCUT2D eigenvalue weighted by molar-refractivity contribution is -0.123. The number of amides is 2. The minimum absolute atomic E-state index is 0.152. The van der Waals surface area contributed by atoms with Crippen molar-refractivity contribution >= 4 is 40.4 Å². The summed E-state index contributed by atoms with van der Waals surface area (Å²) in [6.45, 7) is 3.97. The first kappa shape index (κ1) is 20.7. The minimum Gasteiger partial charge on any atom is -0.351 e. The van der Waals surface area contributed by atoms with Gasteiger partial charge in [-0.15, -0.1) is 16.4 Å². The number of nitrogens with one attached hydrogen (secondary N) is 1. The van der Waals surface area contributed by atoms with Crippen molar-refractivity contribution in [2.24, 2.45) is 0 Å². The van der Waals surface area contributed by atoms with Crippen molar-refractivity contribution in [1.82, 2.24) is 14.9 Å². The molecule has 1 fully saturated rings. The third-order valence-electron chi connectivity index (χ3n) is 5.43. The molecule has 4 rings (SSSR count). The zero-order chi connectivity index (χ0) is 21.1. The van der Waals surface area contributed by atoms with Gasteiger partial charge in [-0.25, -0.2) is 0 Å². The number of hydrogen-bond donors (Lipinski definition) is 1. The highest BCUT2D eigenvalue weighted by Gasteiger charge is 2.36. The number of benzene rings is 1. The highest BCUT2D eigenvalue weighted by Crippen LogP contribution is 2.34. The Balaban J connectivity index is 1.80. The molecule has 1 unspecified atom stereocenters. The topological polar surface area (TPSA) is 75.2 Å². The van der Waals surface area contributed by atoms with Crippen LogP contribution in [0.3, 0.4) is 0 Å². The van der Waals surface area contributed by atoms with Crippen LogP contribution in [0.25, 0.3) is 0 Å². The summed E-state index contributed by atoms with van der Waals surface area (Å²) in [5.74, 6) is -0.475. The highest BCUT2D eigenvalue weighted by molar-refractivity contribution is 7.10. The predicted molar refractivity (Wildman–Crippen MR) is 120 cm³/mol. The zero-order valence-corrected chi connectivity index (χ0v) is 18.6. The number of carbonyl (C=O) groups excluding carboxylic acids is 2. The van der Waals surface area contributed by atoms with Crippen molar-refractivity contribution in [1.29, 1.82) is 0 Å². The number of aromatic nitrogens is 2. The van der Waals surface area contributed by atoms with Crippen LogP contribution in [-0.2, 0) is 4.79 Å². The Morgan fingerprint density at radius 3 is 2.63 bits per heavy atom. The molecule has 0 bridgehead atoms. The van der Waals surface area contributed by atoms with Crippen molar-refractivity contribution in [3.63, 3.8) is 0 Å². The van der Waals surface area contributed by atoms with Crippen LogP contribution in [0.4, 0.5) is 5.69 Å². The molecule has 0 spiro atoms. The smallest absolute Gasteiger partial charge is 0.280 e. The molecule has 1 aliphatic rings. The Bertz CT molecular complexity index is 1010. The standard InChI is InChI=1S/C22H24N4O2S2/c1-14-9-10-18(15(2)12-14)26(22(28)17-13-30-25-24-17)20(19-8-5-11-29-19)21(27)23-16-6-3-4-7-16/h5,8-13,16,20H,3-4,6-7H2,1-2H3,(H,23,27). The van der Waals surface area contributed by atoms with Gasteiger partial charge in [0.25, 0.3) is 5.91 Å². The van der Waals surface area contributed by atoms with E-state index in [9.17, 15) is 9.59 Å². The molecule has 8 heteroatoms. The van der Waals surface area contributed by atoms with Gasteiger partial charge in [0, 0.05) is 22.0 Å². The molecule has 1 atom stereocenters. The summed E-state index contributed by atoms with van der Waals surface area (Å²) < 4.78 is 3.85. The van der Waals surface area contributed by atoms with Gasteiger partial charge in [-0.05, 0) is 61.3 Å². The second-order valence-electron chi connectivity index (χ2n) is 7.66. The van der Waals surface area contributed by atoms with Gasteiger partial charge < -0.3 is 5.32 Å². The van der Waals surface area contributed by atoms with Crippen LogP contribution in [0.2, 0.25) is 0 Å². The van der Waals surface area contributed by atoms with Crippen LogP contribution >= 0.6 is 22.9 Å². The van der Waals surface area contributed by atoms with E-state index in [0.717, 1.165) is 53.2 Å². The number of anilines is 1. The number of nitrogens with zero attached hydrogens (tertiary/aromatic N) is 3. The molecule has 1 aromatic carbocycles. The molecule has 0 aliphatic heterocycles. The molecule has 30 heavy (non-hydrogen) atoms. The predicted octanol–water partition coefficient (Wildman–Crippen LogP) is 4.66. The lowest BCUT2D eigenvalue weighted by atomic mass is 10.1. The van der Waals surface area contributed by atoms with Gasteiger partial charge in [-0.1, -0.05) is 41.1 Å². The average Bonchev–Trinajstić information content (AvgIpc) is 3.49. The van der Waals surface area contributed by atoms with Gasteiger partial charge in [0.1, 0.15) is 0 Å². The van der Waals surface area contributed by atoms with E-state index >= 15 is 0 Å². The summed E-state index contributed by atoms with van der Waals surface area (Å²) in [5, 5.41) is 10.7. The summed E-state index contributed by atoms with van der Waals surface area (Å²) in [6.07, 6.45) is 4.21. The first-order valence-electron chi connectivity index (χ1n) is 10.1. The largest absolute Gasteiger partial charge is 0.351 e. The summed E-state index contributed by atoms with van der Waals surface area (Å²) >= 11 is 2.60. The van der Waals surface area contributed by atoms with E-state index in [4.69, 9.17) is 0 Å². The molecule has 2 aromatic heterocycles. The fourth-order valence-electron chi connectivity index (χ4n) is 3.99. The summed E-state index contributed by atoms with van der Waals surface area (Å²) in [7, 11) is 0. The van der Waals surface area contributed by atoms with Crippen LogP contribution in [0.1, 0.15) is 58.2 Å². The molecular formula is C22H24N4O2S2. The number of rotatable bonds is 6. The lowest BCUT2D eigenvalue weighted by Gasteiger charge is -2.32. The SMILES string of the molecule is Cc1ccc(N(C(=O)c2csnn2)C(C(=O)NC2CCCC2)c2cccs2)c(C)c1. The van der Waals surface area contributed by atoms with E-state index in [1.165, 1.54) is 11.3 Å². The third kappa shape index (κ3) is 4.29. The summed E-state index contributed by atoms with van der Waals surface area (Å²) in [6, 6.07) is 9.11. The van der Waals surface area contributed by atoms with Crippen LogP contribution in [0.15, 0.2) is 41.1 Å². The van der Waals surface area contributed by atoms with E-state index in [2.05, 4.69) is 14.9 Å². The maximum atomic E-state index is 13.6. The lowest BCUT2D eigenvalue weighted by Crippen LogP contribution is -2.46. The number of thiophene rings is 1. The molecule has 2 amide bonds. The van der Waals surface area contributed by atoms with E-state index in [-0.39, 0.29) is 23.6 Å². The second-order valence-corrected chi connectivity index (χ2v) is 9.25. The molecule has 1 N–H and O–H groups in total. The van der Waals surface area contributed by atoms with E-state index in [0.29, 0.717) is 5.69 Å². The number of aryl methyl sites for hydroxylation is 2. The van der Waals surface area contributed by atoms with Gasteiger partial charge in [0.05, 0.1) is 0 Å². The fourth-order valence-corrected chi connectivity index (χ4v) is 5.24. The van der Waals surface area contributed by atoms with Crippen molar-refractivity contribution in [2.75, 3.05) is 4.90 Å². The van der Waals surface area contributed by atoms with Gasteiger partial charge in [0.2, 0.25) is 5.91 Å². The normalized spacial score (nSPS) is 15.1. The summed E-state index contributed by atoms with van der Waals surface area (Å²) in [4.78, 5) is 29.5. The fraction of sp³-hybridized carbons (Fsp3) is 0.364. The van der Waals surface area contributed by atoms with Crippen molar-refractivity contribution in [3.8, 4) is 0 Å². The third-order valence-corrected chi connectivity index (χ3v) is 6.86. The monoisotopic (exact) mass is 440 g/mol. The first-order valence-corrected chi connectivity index (χ1v) is 11.8. The Kier molecular flexibility index (Phi) is 6.24. The van der Waals surface area contributed by atoms with Crippen molar-refractivity contribution < 1.29 is 9.59 Å². The van der Waals surface area contributed by atoms with Gasteiger partial charge in [-0.3, -0.25) is 14.5 Å². The van der Waals surface area contributed by atoms with Crippen LogP contribution in [0, 0.1) is 13.8 Å². The molecule has 3 aromatic rings. The van der Waals surface area contributed by atoms with Crippen molar-refractivity contribution in [2.45, 2.75) is 51.6 Å². The van der Waals surface area contributed by atoms with Crippen LogP contribution < -0.4 is 10.2 Å². The molecule has 0 saturated heterocycles. The van der Waals surface area contributed by atoms with E-state index in [1.807, 2.05) is 49.6 Å². The second kappa shape index (κ2) is 9.06. The molecule has 0 radical (unpaired) electrons. The summed E-state index contributed by atoms with van der Waals surface area (Å²) in [5.41, 5.74) is 2.98. The highest BCUT2D eigenvalue weighted by atomic mass is 32.1. The number of hydrogen-bond acceptors (Lipinski definition) is 6. The Morgan fingerprint density at radius 2 is 2.00 bits per heavy atom. The van der Waals surface area contributed by atoms with Gasteiger partial charge in [-0.2, -0.15) is 0 Å². The Hall–Kier alpha value is -2.58. The van der Waals surface area contributed by atoms with E-state index < -0.39 is 6.04 Å². The Morgan fingerprint density at radius 1 is 1.20 bits per heavy atom. The van der Waals surface area contributed by atoms with E-state index in [1.54, 1.807) is 10.3 Å². The zero-order valence-electron chi connectivity index (χ0n) is 17.0. The molecular weight excluding hydrogens is 416 g/mol. The minimum atomic E-state index is -0.763. The number of carbonyl (C=O) groups is 2. The van der Waals surface area contributed by atoms with Crippen LogP contribution in [-0.4, -0.2) is 27.4 Å². The molecule has 156 valence electrons. The molecule has 2 heterocycles. The van der Waals surface area contributed by atoms with Gasteiger partial charge in [0.15, 0.2) is 11.7 Å². The molecule has 6 nitrogen and oxygen atoms in total.